The molecule has 0 N–H and O–H groups in total. The van der Waals surface area contributed by atoms with Crippen molar-refractivity contribution in [3.8, 4) is 0 Å². The Morgan fingerprint density at radius 3 is 2.30 bits per heavy atom. The number of piperazine rings is 1. The molecule has 3 nitrogen and oxygen atoms in total. The van der Waals surface area contributed by atoms with E-state index in [1.807, 2.05) is 0 Å². The average Bonchev–Trinajstić information content (AvgIpc) is 2.44. The summed E-state index contributed by atoms with van der Waals surface area (Å²) in [7, 11) is 0. The molecular formula is C14H17ClF2N2O. The van der Waals surface area contributed by atoms with Crippen LogP contribution >= 0.6 is 11.6 Å². The van der Waals surface area contributed by atoms with E-state index in [2.05, 4.69) is 4.90 Å². The maximum atomic E-state index is 13.5. The maximum absolute atomic E-state index is 13.5. The lowest BCUT2D eigenvalue weighted by Crippen LogP contribution is -2.49. The van der Waals surface area contributed by atoms with Crippen LogP contribution in [0, 0.1) is 11.6 Å². The van der Waals surface area contributed by atoms with Gasteiger partial charge in [0.15, 0.2) is 0 Å². The molecule has 1 saturated heterocycles. The molecule has 1 fully saturated rings. The third-order valence-electron chi connectivity index (χ3n) is 3.52. The summed E-state index contributed by atoms with van der Waals surface area (Å²) in [6.07, 6.45) is -0.228. The first kappa shape index (κ1) is 15.2. The van der Waals surface area contributed by atoms with Gasteiger partial charge in [-0.2, -0.15) is 0 Å². The van der Waals surface area contributed by atoms with Crippen molar-refractivity contribution in [3.63, 3.8) is 0 Å². The Kier molecular flexibility index (Phi) is 5.31. The Labute approximate surface area is 122 Å². The highest BCUT2D eigenvalue weighted by atomic mass is 35.5. The van der Waals surface area contributed by atoms with E-state index in [9.17, 15) is 13.6 Å². The molecule has 110 valence electrons. The van der Waals surface area contributed by atoms with Crippen LogP contribution in [0.15, 0.2) is 18.2 Å². The summed E-state index contributed by atoms with van der Waals surface area (Å²) < 4.78 is 27.0. The van der Waals surface area contributed by atoms with Crippen LogP contribution in [0.25, 0.3) is 0 Å². The Hall–Kier alpha value is -1.20. The minimum absolute atomic E-state index is 0.152. The fourth-order valence-electron chi connectivity index (χ4n) is 2.30. The van der Waals surface area contributed by atoms with Gasteiger partial charge in [0.05, 0.1) is 6.42 Å². The van der Waals surface area contributed by atoms with Crippen LogP contribution in [0.3, 0.4) is 0 Å². The lowest BCUT2D eigenvalue weighted by molar-refractivity contribution is -0.132. The third-order valence-corrected chi connectivity index (χ3v) is 3.68. The topological polar surface area (TPSA) is 23.6 Å². The van der Waals surface area contributed by atoms with Gasteiger partial charge in [0.25, 0.3) is 0 Å². The van der Waals surface area contributed by atoms with Crippen molar-refractivity contribution in [1.29, 1.82) is 0 Å². The zero-order chi connectivity index (χ0) is 14.5. The fourth-order valence-corrected chi connectivity index (χ4v) is 2.54. The number of benzene rings is 1. The predicted molar refractivity (Wildman–Crippen MR) is 73.8 cm³/mol. The highest BCUT2D eigenvalue weighted by Gasteiger charge is 2.22. The highest BCUT2D eigenvalue weighted by molar-refractivity contribution is 6.18. The first-order chi connectivity index (χ1) is 9.61. The average molecular weight is 303 g/mol. The van der Waals surface area contributed by atoms with E-state index >= 15 is 0 Å². The zero-order valence-corrected chi connectivity index (χ0v) is 11.9. The summed E-state index contributed by atoms with van der Waals surface area (Å²) in [6.45, 7) is 3.44. The molecule has 0 spiro atoms. The van der Waals surface area contributed by atoms with Crippen LogP contribution in [-0.4, -0.2) is 54.3 Å². The lowest BCUT2D eigenvalue weighted by Gasteiger charge is -2.34. The van der Waals surface area contributed by atoms with Crippen LogP contribution in [0.5, 0.6) is 0 Å². The summed E-state index contributed by atoms with van der Waals surface area (Å²) in [5.74, 6) is -1.01. The quantitative estimate of drug-likeness (QED) is 0.793. The second-order valence-corrected chi connectivity index (χ2v) is 5.17. The molecule has 0 saturated carbocycles. The Balaban J connectivity index is 1.93. The van der Waals surface area contributed by atoms with Crippen molar-refractivity contribution in [2.45, 2.75) is 6.42 Å². The minimum Gasteiger partial charge on any atom is -0.340 e. The summed E-state index contributed by atoms with van der Waals surface area (Å²) in [5, 5.41) is 0. The van der Waals surface area contributed by atoms with Crippen molar-refractivity contribution < 1.29 is 13.6 Å². The van der Waals surface area contributed by atoms with Crippen LogP contribution < -0.4 is 0 Å². The second kappa shape index (κ2) is 6.99. The maximum Gasteiger partial charge on any atom is 0.227 e. The largest absolute Gasteiger partial charge is 0.340 e. The molecule has 0 aromatic heterocycles. The van der Waals surface area contributed by atoms with Crippen molar-refractivity contribution >= 4 is 17.5 Å². The summed E-state index contributed by atoms with van der Waals surface area (Å²) in [4.78, 5) is 15.9. The normalized spacial score (nSPS) is 16.4. The van der Waals surface area contributed by atoms with Gasteiger partial charge < -0.3 is 4.90 Å². The lowest BCUT2D eigenvalue weighted by atomic mass is 10.1. The zero-order valence-electron chi connectivity index (χ0n) is 11.1. The second-order valence-electron chi connectivity index (χ2n) is 4.79. The van der Waals surface area contributed by atoms with E-state index in [0.29, 0.717) is 19.0 Å². The summed E-state index contributed by atoms with van der Waals surface area (Å²) >= 11 is 5.67. The molecule has 1 amide bonds. The smallest absolute Gasteiger partial charge is 0.227 e. The molecule has 1 heterocycles. The number of rotatable bonds is 4. The van der Waals surface area contributed by atoms with Gasteiger partial charge in [0, 0.05) is 44.2 Å². The number of nitrogens with zero attached hydrogens (tertiary/aromatic N) is 2. The van der Waals surface area contributed by atoms with Gasteiger partial charge in [-0.1, -0.05) is 6.07 Å². The fraction of sp³-hybridized carbons (Fsp3) is 0.500. The number of carbonyl (C=O) groups is 1. The molecule has 1 aromatic carbocycles. The van der Waals surface area contributed by atoms with E-state index in [0.717, 1.165) is 19.6 Å². The van der Waals surface area contributed by atoms with E-state index in [1.165, 1.54) is 18.2 Å². The van der Waals surface area contributed by atoms with Crippen LogP contribution in [0.2, 0.25) is 0 Å². The number of amides is 1. The van der Waals surface area contributed by atoms with Crippen molar-refractivity contribution in [2.75, 3.05) is 38.6 Å². The molecule has 20 heavy (non-hydrogen) atoms. The number of halogens is 3. The van der Waals surface area contributed by atoms with Gasteiger partial charge in [-0.15, -0.1) is 11.6 Å². The molecule has 1 aromatic rings. The molecule has 2 rings (SSSR count). The van der Waals surface area contributed by atoms with Crippen molar-refractivity contribution in [2.24, 2.45) is 0 Å². The monoisotopic (exact) mass is 302 g/mol. The van der Waals surface area contributed by atoms with Gasteiger partial charge >= 0.3 is 0 Å². The molecule has 0 bridgehead atoms. The van der Waals surface area contributed by atoms with Crippen LogP contribution in [0.1, 0.15) is 5.56 Å². The number of hydrogen-bond acceptors (Lipinski definition) is 2. The SMILES string of the molecule is O=C(Cc1c(F)cccc1F)N1CCN(CCCl)CC1. The van der Waals surface area contributed by atoms with E-state index < -0.39 is 11.6 Å². The van der Waals surface area contributed by atoms with Gasteiger partial charge in [0.1, 0.15) is 11.6 Å². The van der Waals surface area contributed by atoms with Crippen molar-refractivity contribution in [1.82, 2.24) is 9.80 Å². The van der Waals surface area contributed by atoms with E-state index in [-0.39, 0.29) is 17.9 Å². The molecular weight excluding hydrogens is 286 g/mol. The Morgan fingerprint density at radius 1 is 1.15 bits per heavy atom. The first-order valence-corrected chi connectivity index (χ1v) is 7.14. The number of alkyl halides is 1. The van der Waals surface area contributed by atoms with Gasteiger partial charge in [-0.25, -0.2) is 8.78 Å². The Bertz CT molecular complexity index is 456. The molecule has 0 unspecified atom stereocenters. The van der Waals surface area contributed by atoms with E-state index in [1.54, 1.807) is 4.90 Å². The predicted octanol–water partition coefficient (Wildman–Crippen LogP) is 1.89. The Morgan fingerprint density at radius 2 is 1.75 bits per heavy atom. The number of carbonyl (C=O) groups excluding carboxylic acids is 1. The van der Waals surface area contributed by atoms with Crippen LogP contribution in [0.4, 0.5) is 8.78 Å². The molecule has 1 aliphatic rings. The standard InChI is InChI=1S/C14H17ClF2N2O/c15-4-5-18-6-8-19(9-7-18)14(20)10-11-12(16)2-1-3-13(11)17/h1-3H,4-10H2. The summed E-state index contributed by atoms with van der Waals surface area (Å²) in [6, 6.07) is 3.64. The summed E-state index contributed by atoms with van der Waals surface area (Å²) in [5.41, 5.74) is -0.152. The van der Waals surface area contributed by atoms with Gasteiger partial charge in [-0.05, 0) is 12.1 Å². The highest BCUT2D eigenvalue weighted by Crippen LogP contribution is 2.14. The van der Waals surface area contributed by atoms with Gasteiger partial charge in [0.2, 0.25) is 5.91 Å². The molecule has 6 heteroatoms. The molecule has 0 aliphatic carbocycles. The van der Waals surface area contributed by atoms with Gasteiger partial charge in [-0.3, -0.25) is 9.69 Å². The number of hydrogen-bond donors (Lipinski definition) is 0. The molecule has 1 aliphatic heterocycles. The minimum atomic E-state index is -0.667. The first-order valence-electron chi connectivity index (χ1n) is 6.61. The molecule has 0 atom stereocenters. The van der Waals surface area contributed by atoms with Crippen molar-refractivity contribution in [3.05, 3.63) is 35.4 Å². The van der Waals surface area contributed by atoms with Crippen LogP contribution in [-0.2, 0) is 11.2 Å². The van der Waals surface area contributed by atoms with E-state index in [4.69, 9.17) is 11.6 Å². The third kappa shape index (κ3) is 3.67. The molecule has 0 radical (unpaired) electrons.